The van der Waals surface area contributed by atoms with Crippen molar-refractivity contribution in [2.75, 3.05) is 27.2 Å². The molecule has 3 atom stereocenters. The fourth-order valence-electron chi connectivity index (χ4n) is 3.46. The predicted molar refractivity (Wildman–Crippen MR) is 90.7 cm³/mol. The molecule has 0 spiro atoms. The van der Waals surface area contributed by atoms with E-state index in [1.54, 1.807) is 0 Å². The van der Waals surface area contributed by atoms with Gasteiger partial charge in [-0.2, -0.15) is 0 Å². The molecule has 0 amide bonds. The first kappa shape index (κ1) is 16.6. The van der Waals surface area contributed by atoms with Gasteiger partial charge in [0.2, 0.25) is 0 Å². The lowest BCUT2D eigenvalue weighted by molar-refractivity contribution is 0.176. The van der Waals surface area contributed by atoms with E-state index in [1.807, 2.05) is 0 Å². The van der Waals surface area contributed by atoms with Crippen molar-refractivity contribution in [2.45, 2.75) is 64.5 Å². The highest BCUT2D eigenvalue weighted by atomic mass is 15.2. The highest BCUT2D eigenvalue weighted by molar-refractivity contribution is 5.80. The molecule has 0 bridgehead atoms. The summed E-state index contributed by atoms with van der Waals surface area (Å²) in [5.74, 6) is 2.63. The lowest BCUT2D eigenvalue weighted by Gasteiger charge is -2.34. The fraction of sp³-hybridized carbons (Fsp3) is 0.941. The largest absolute Gasteiger partial charge is 0.357 e. The Morgan fingerprint density at radius 1 is 1.24 bits per heavy atom. The first-order chi connectivity index (χ1) is 10.1. The molecule has 2 aliphatic rings. The molecule has 21 heavy (non-hydrogen) atoms. The third kappa shape index (κ3) is 5.17. The second-order valence-corrected chi connectivity index (χ2v) is 7.11. The zero-order valence-corrected chi connectivity index (χ0v) is 14.4. The average Bonchev–Trinajstić information content (AvgIpc) is 3.15. The van der Waals surface area contributed by atoms with Gasteiger partial charge in [-0.1, -0.05) is 26.2 Å². The maximum absolute atomic E-state index is 4.88. The maximum atomic E-state index is 4.88. The van der Waals surface area contributed by atoms with Crippen molar-refractivity contribution in [3.63, 3.8) is 0 Å². The van der Waals surface area contributed by atoms with Gasteiger partial charge in [0.05, 0.1) is 6.54 Å². The van der Waals surface area contributed by atoms with E-state index < -0.39 is 0 Å². The molecular formula is C17H34N4. The van der Waals surface area contributed by atoms with Gasteiger partial charge in [0.1, 0.15) is 0 Å². The summed E-state index contributed by atoms with van der Waals surface area (Å²) >= 11 is 0. The molecular weight excluding hydrogens is 260 g/mol. The summed E-state index contributed by atoms with van der Waals surface area (Å²) in [5, 5.41) is 6.95. The normalized spacial score (nSPS) is 28.5. The van der Waals surface area contributed by atoms with Crippen LogP contribution in [0.2, 0.25) is 0 Å². The number of hydrogen-bond acceptors (Lipinski definition) is 2. The second-order valence-electron chi connectivity index (χ2n) is 7.11. The third-order valence-corrected chi connectivity index (χ3v) is 5.07. The lowest BCUT2D eigenvalue weighted by Crippen LogP contribution is -2.42. The van der Waals surface area contributed by atoms with Gasteiger partial charge < -0.3 is 15.5 Å². The van der Waals surface area contributed by atoms with Crippen molar-refractivity contribution in [1.82, 2.24) is 15.5 Å². The molecule has 0 aliphatic heterocycles. The predicted octanol–water partition coefficient (Wildman–Crippen LogP) is 2.46. The summed E-state index contributed by atoms with van der Waals surface area (Å²) in [4.78, 5) is 7.26. The van der Waals surface area contributed by atoms with Crippen molar-refractivity contribution in [2.24, 2.45) is 16.8 Å². The minimum atomic E-state index is 0.581. The first-order valence-electron chi connectivity index (χ1n) is 8.83. The Morgan fingerprint density at radius 3 is 2.43 bits per heavy atom. The molecule has 122 valence electrons. The molecule has 0 aromatic carbocycles. The Morgan fingerprint density at radius 2 is 1.90 bits per heavy atom. The SMILES string of the molecule is CCNC(=NCC(C1CCCCC1)N(C)C)NC1CC1C. The van der Waals surface area contributed by atoms with E-state index in [-0.39, 0.29) is 0 Å². The molecule has 2 fully saturated rings. The van der Waals surface area contributed by atoms with E-state index >= 15 is 0 Å². The molecule has 2 rings (SSSR count). The zero-order valence-electron chi connectivity index (χ0n) is 14.4. The summed E-state index contributed by atoms with van der Waals surface area (Å²) in [5.41, 5.74) is 0. The van der Waals surface area contributed by atoms with Crippen molar-refractivity contribution >= 4 is 5.96 Å². The number of hydrogen-bond donors (Lipinski definition) is 2. The van der Waals surface area contributed by atoms with Crippen LogP contribution in [-0.2, 0) is 0 Å². The minimum absolute atomic E-state index is 0.581. The second kappa shape index (κ2) is 8.02. The van der Waals surface area contributed by atoms with Crippen molar-refractivity contribution in [3.8, 4) is 0 Å². The number of nitrogens with one attached hydrogen (secondary N) is 2. The van der Waals surface area contributed by atoms with Crippen LogP contribution >= 0.6 is 0 Å². The summed E-state index contributed by atoms with van der Waals surface area (Å²) in [6, 6.07) is 1.22. The Bertz CT molecular complexity index is 334. The summed E-state index contributed by atoms with van der Waals surface area (Å²) in [7, 11) is 4.41. The lowest BCUT2D eigenvalue weighted by atomic mass is 9.83. The van der Waals surface area contributed by atoms with Gasteiger partial charge in [-0.3, -0.25) is 4.99 Å². The van der Waals surface area contributed by atoms with E-state index in [9.17, 15) is 0 Å². The number of nitrogens with zero attached hydrogens (tertiary/aromatic N) is 2. The Hall–Kier alpha value is -0.770. The van der Waals surface area contributed by atoms with Crippen LogP contribution in [0.5, 0.6) is 0 Å². The van der Waals surface area contributed by atoms with Gasteiger partial charge in [-0.05, 0) is 52.1 Å². The van der Waals surface area contributed by atoms with Crippen LogP contribution in [0.4, 0.5) is 0 Å². The zero-order chi connectivity index (χ0) is 15.2. The summed E-state index contributed by atoms with van der Waals surface area (Å²) < 4.78 is 0. The van der Waals surface area contributed by atoms with Gasteiger partial charge in [-0.25, -0.2) is 0 Å². The number of likely N-dealkylation sites (N-methyl/N-ethyl adjacent to an activating group) is 1. The van der Waals surface area contributed by atoms with E-state index in [0.29, 0.717) is 12.1 Å². The smallest absolute Gasteiger partial charge is 0.191 e. The van der Waals surface area contributed by atoms with Crippen LogP contribution in [-0.4, -0.2) is 50.1 Å². The molecule has 0 aromatic rings. The van der Waals surface area contributed by atoms with Gasteiger partial charge in [0.25, 0.3) is 0 Å². The first-order valence-corrected chi connectivity index (χ1v) is 8.83. The highest BCUT2D eigenvalue weighted by Crippen LogP contribution is 2.29. The standard InChI is InChI=1S/C17H34N4/c1-5-18-17(20-15-11-13(15)2)19-12-16(21(3)4)14-9-7-6-8-10-14/h13-16H,5-12H2,1-4H3,(H2,18,19,20). The van der Waals surface area contributed by atoms with Crippen LogP contribution in [0.25, 0.3) is 0 Å². The molecule has 2 aliphatic carbocycles. The van der Waals surface area contributed by atoms with Gasteiger partial charge in [0, 0.05) is 18.6 Å². The summed E-state index contributed by atoms with van der Waals surface area (Å²) in [6.45, 7) is 6.28. The molecule has 3 unspecified atom stereocenters. The van der Waals surface area contributed by atoms with E-state index in [4.69, 9.17) is 4.99 Å². The molecule has 2 N–H and O–H groups in total. The quantitative estimate of drug-likeness (QED) is 0.584. The number of aliphatic imine (C=N–C) groups is 1. The summed E-state index contributed by atoms with van der Waals surface area (Å²) in [6.07, 6.45) is 8.26. The van der Waals surface area contributed by atoms with Gasteiger partial charge in [-0.15, -0.1) is 0 Å². The van der Waals surface area contributed by atoms with Crippen LogP contribution < -0.4 is 10.6 Å². The fourth-order valence-corrected chi connectivity index (χ4v) is 3.46. The third-order valence-electron chi connectivity index (χ3n) is 5.07. The number of guanidine groups is 1. The Labute approximate surface area is 130 Å². The van der Waals surface area contributed by atoms with Crippen LogP contribution in [0, 0.1) is 11.8 Å². The molecule has 0 heterocycles. The monoisotopic (exact) mass is 294 g/mol. The highest BCUT2D eigenvalue weighted by Gasteiger charge is 2.33. The molecule has 4 nitrogen and oxygen atoms in total. The topological polar surface area (TPSA) is 39.7 Å². The molecule has 4 heteroatoms. The van der Waals surface area contributed by atoms with Gasteiger partial charge in [0.15, 0.2) is 5.96 Å². The van der Waals surface area contributed by atoms with Crippen molar-refractivity contribution in [3.05, 3.63) is 0 Å². The minimum Gasteiger partial charge on any atom is -0.357 e. The van der Waals surface area contributed by atoms with Crippen LogP contribution in [0.1, 0.15) is 52.4 Å². The van der Waals surface area contributed by atoms with E-state index in [2.05, 4.69) is 43.5 Å². The molecule has 2 saturated carbocycles. The van der Waals surface area contributed by atoms with E-state index in [0.717, 1.165) is 30.9 Å². The van der Waals surface area contributed by atoms with Crippen molar-refractivity contribution in [1.29, 1.82) is 0 Å². The molecule has 0 radical (unpaired) electrons. The number of rotatable bonds is 6. The molecule has 0 saturated heterocycles. The van der Waals surface area contributed by atoms with E-state index in [1.165, 1.54) is 38.5 Å². The van der Waals surface area contributed by atoms with Crippen LogP contribution in [0.15, 0.2) is 4.99 Å². The van der Waals surface area contributed by atoms with Crippen LogP contribution in [0.3, 0.4) is 0 Å². The van der Waals surface area contributed by atoms with Crippen molar-refractivity contribution < 1.29 is 0 Å². The maximum Gasteiger partial charge on any atom is 0.191 e. The average molecular weight is 294 g/mol. The Balaban J connectivity index is 1.91. The van der Waals surface area contributed by atoms with Gasteiger partial charge >= 0.3 is 0 Å². The Kier molecular flexibility index (Phi) is 6.34. The molecule has 0 aromatic heterocycles.